The van der Waals surface area contributed by atoms with Crippen LogP contribution in [0.2, 0.25) is 0 Å². The van der Waals surface area contributed by atoms with Crippen LogP contribution in [0.4, 0.5) is 5.69 Å². The molecule has 104 valence electrons. The van der Waals surface area contributed by atoms with Crippen molar-refractivity contribution in [2.24, 2.45) is 10.2 Å². The van der Waals surface area contributed by atoms with Crippen LogP contribution in [0.5, 0.6) is 5.88 Å². The molecule has 0 radical (unpaired) electrons. The van der Waals surface area contributed by atoms with Gasteiger partial charge < -0.3 is 14.8 Å². The Labute approximate surface area is 123 Å². The number of carbonyl (C=O) groups excluding carboxylic acids is 1. The minimum Gasteiger partial charge on any atom is -0.493 e. The van der Waals surface area contributed by atoms with Gasteiger partial charge in [0.05, 0.1) is 5.52 Å². The second-order valence-electron chi connectivity index (χ2n) is 4.52. The quantitative estimate of drug-likeness (QED) is 0.823. The fourth-order valence-electron chi connectivity index (χ4n) is 2.21. The van der Waals surface area contributed by atoms with E-state index in [9.17, 15) is 9.90 Å². The molecule has 1 aromatic heterocycles. The van der Waals surface area contributed by atoms with Crippen molar-refractivity contribution in [2.45, 2.75) is 18.9 Å². The van der Waals surface area contributed by atoms with Gasteiger partial charge in [-0.2, -0.15) is 0 Å². The molecular formula is C13H12BrN3O3. The highest BCUT2D eigenvalue weighted by Crippen LogP contribution is 2.39. The first-order chi connectivity index (χ1) is 9.66. The predicted molar refractivity (Wildman–Crippen MR) is 76.2 cm³/mol. The number of fused-ring (bicyclic) bond motifs is 1. The summed E-state index contributed by atoms with van der Waals surface area (Å²) in [5, 5.41) is 18.1. The zero-order valence-corrected chi connectivity index (χ0v) is 12.1. The summed E-state index contributed by atoms with van der Waals surface area (Å²) in [6, 6.07) is 5.47. The lowest BCUT2D eigenvalue weighted by atomic mass is 10.2. The molecule has 3 rings (SSSR count). The number of aromatic hydroxyl groups is 1. The molecule has 1 aliphatic rings. The van der Waals surface area contributed by atoms with Gasteiger partial charge in [-0.15, -0.1) is 10.2 Å². The molecule has 1 amide bonds. The molecule has 0 spiro atoms. The van der Waals surface area contributed by atoms with Crippen LogP contribution >= 0.6 is 15.9 Å². The molecule has 0 saturated carbocycles. The van der Waals surface area contributed by atoms with Crippen LogP contribution in [0.25, 0.3) is 10.9 Å². The molecule has 1 aromatic carbocycles. The summed E-state index contributed by atoms with van der Waals surface area (Å²) in [5.74, 6) is -0.529. The summed E-state index contributed by atoms with van der Waals surface area (Å²) in [5.41, 5.74) is 0.967. The summed E-state index contributed by atoms with van der Waals surface area (Å²) in [7, 11) is 0. The Kier molecular flexibility index (Phi) is 3.54. The topological polar surface area (TPSA) is 87.0 Å². The standard InChI is InChI=1S/C13H12BrN3O3/c14-7-3-1-4-8-10(7)11(13(19)15-8)16-17-12(18)9-5-2-6-20-9/h1,3-4,9,15,19H,2,5-6H2. The van der Waals surface area contributed by atoms with Crippen LogP contribution in [-0.2, 0) is 9.53 Å². The fraction of sp³-hybridized carbons (Fsp3) is 0.308. The summed E-state index contributed by atoms with van der Waals surface area (Å²) in [6.45, 7) is 0.579. The van der Waals surface area contributed by atoms with E-state index in [0.29, 0.717) is 18.4 Å². The van der Waals surface area contributed by atoms with Gasteiger partial charge in [-0.25, -0.2) is 0 Å². The first-order valence-corrected chi connectivity index (χ1v) is 7.02. The van der Waals surface area contributed by atoms with Crippen molar-refractivity contribution in [1.29, 1.82) is 0 Å². The van der Waals surface area contributed by atoms with Crippen molar-refractivity contribution in [3.63, 3.8) is 0 Å². The largest absolute Gasteiger partial charge is 0.493 e. The molecular weight excluding hydrogens is 326 g/mol. The molecule has 2 aromatic rings. The summed E-state index contributed by atoms with van der Waals surface area (Å²) in [6.07, 6.45) is 1.02. The van der Waals surface area contributed by atoms with Gasteiger partial charge in [-0.05, 0) is 25.0 Å². The number of nitrogens with zero attached hydrogens (tertiary/aromatic N) is 2. The number of rotatable bonds is 2. The molecule has 7 heteroatoms. The van der Waals surface area contributed by atoms with Crippen LogP contribution in [-0.4, -0.2) is 28.7 Å². The minimum absolute atomic E-state index is 0.115. The molecule has 2 heterocycles. The van der Waals surface area contributed by atoms with Gasteiger partial charge in [-0.1, -0.05) is 22.0 Å². The van der Waals surface area contributed by atoms with Crippen molar-refractivity contribution in [3.05, 3.63) is 22.7 Å². The van der Waals surface area contributed by atoms with E-state index >= 15 is 0 Å². The second kappa shape index (κ2) is 5.34. The number of aromatic nitrogens is 1. The van der Waals surface area contributed by atoms with Crippen LogP contribution < -0.4 is 0 Å². The van der Waals surface area contributed by atoms with E-state index in [1.165, 1.54) is 0 Å². The number of aromatic amines is 1. The number of nitrogens with one attached hydrogen (secondary N) is 1. The molecule has 2 N–H and O–H groups in total. The van der Waals surface area contributed by atoms with Gasteiger partial charge in [0.1, 0.15) is 6.10 Å². The van der Waals surface area contributed by atoms with E-state index in [2.05, 4.69) is 31.1 Å². The summed E-state index contributed by atoms with van der Waals surface area (Å²) >= 11 is 3.39. The zero-order chi connectivity index (χ0) is 14.1. The van der Waals surface area contributed by atoms with E-state index in [-0.39, 0.29) is 11.6 Å². The van der Waals surface area contributed by atoms with Crippen LogP contribution in [0.1, 0.15) is 12.8 Å². The van der Waals surface area contributed by atoms with Gasteiger partial charge in [0.15, 0.2) is 5.69 Å². The number of hydrogen-bond donors (Lipinski definition) is 2. The van der Waals surface area contributed by atoms with Gasteiger partial charge >= 0.3 is 0 Å². The highest BCUT2D eigenvalue weighted by atomic mass is 79.9. The normalized spacial score (nSPS) is 19.1. The maximum Gasteiger partial charge on any atom is 0.293 e. The van der Waals surface area contributed by atoms with E-state index < -0.39 is 12.0 Å². The Morgan fingerprint density at radius 2 is 2.35 bits per heavy atom. The van der Waals surface area contributed by atoms with Gasteiger partial charge in [0.2, 0.25) is 5.88 Å². The van der Waals surface area contributed by atoms with Crippen molar-refractivity contribution >= 4 is 38.4 Å². The first-order valence-electron chi connectivity index (χ1n) is 6.23. The molecule has 1 unspecified atom stereocenters. The van der Waals surface area contributed by atoms with E-state index in [4.69, 9.17) is 4.74 Å². The molecule has 1 aliphatic heterocycles. The number of ether oxygens (including phenoxy) is 1. The maximum absolute atomic E-state index is 11.8. The van der Waals surface area contributed by atoms with Crippen LogP contribution in [0.3, 0.4) is 0 Å². The first kappa shape index (κ1) is 13.3. The Hall–Kier alpha value is -1.73. The SMILES string of the molecule is O=C(N=Nc1c(O)[nH]c2cccc(Br)c12)C1CCCO1. The molecule has 1 saturated heterocycles. The Morgan fingerprint density at radius 1 is 1.50 bits per heavy atom. The van der Waals surface area contributed by atoms with Crippen LogP contribution in [0.15, 0.2) is 32.9 Å². The average molecular weight is 338 g/mol. The fourth-order valence-corrected chi connectivity index (χ4v) is 2.76. The molecule has 1 atom stereocenters. The lowest BCUT2D eigenvalue weighted by molar-refractivity contribution is -0.126. The highest BCUT2D eigenvalue weighted by molar-refractivity contribution is 9.10. The van der Waals surface area contributed by atoms with Crippen molar-refractivity contribution in [3.8, 4) is 5.88 Å². The van der Waals surface area contributed by atoms with Gasteiger partial charge in [0, 0.05) is 16.5 Å². The summed E-state index contributed by atoms with van der Waals surface area (Å²) in [4.78, 5) is 14.6. The highest BCUT2D eigenvalue weighted by Gasteiger charge is 2.23. The lowest BCUT2D eigenvalue weighted by Crippen LogP contribution is -2.16. The number of carbonyl (C=O) groups is 1. The van der Waals surface area contributed by atoms with Crippen molar-refractivity contribution in [2.75, 3.05) is 6.61 Å². The lowest BCUT2D eigenvalue weighted by Gasteiger charge is -2.01. The number of amides is 1. The third kappa shape index (κ3) is 2.34. The molecule has 0 bridgehead atoms. The van der Waals surface area contributed by atoms with Crippen LogP contribution in [0, 0.1) is 0 Å². The second-order valence-corrected chi connectivity index (χ2v) is 5.38. The van der Waals surface area contributed by atoms with E-state index in [0.717, 1.165) is 16.4 Å². The van der Waals surface area contributed by atoms with Crippen molar-refractivity contribution in [1.82, 2.24) is 4.98 Å². The molecule has 0 aliphatic carbocycles. The number of benzene rings is 1. The average Bonchev–Trinajstić information content (AvgIpc) is 3.04. The third-order valence-corrected chi connectivity index (χ3v) is 3.84. The zero-order valence-electron chi connectivity index (χ0n) is 10.5. The van der Waals surface area contributed by atoms with E-state index in [1.54, 1.807) is 6.07 Å². The number of H-pyrrole nitrogens is 1. The number of hydrogen-bond acceptors (Lipinski definition) is 4. The Balaban J connectivity index is 1.94. The summed E-state index contributed by atoms with van der Waals surface area (Å²) < 4.78 is 6.01. The minimum atomic E-state index is -0.505. The third-order valence-electron chi connectivity index (χ3n) is 3.18. The molecule has 6 nitrogen and oxygen atoms in total. The van der Waals surface area contributed by atoms with Gasteiger partial charge in [0.25, 0.3) is 5.91 Å². The molecule has 20 heavy (non-hydrogen) atoms. The number of azo groups is 1. The molecule has 1 fully saturated rings. The smallest absolute Gasteiger partial charge is 0.293 e. The monoisotopic (exact) mass is 337 g/mol. The van der Waals surface area contributed by atoms with Crippen molar-refractivity contribution < 1.29 is 14.6 Å². The maximum atomic E-state index is 11.8. The van der Waals surface area contributed by atoms with E-state index in [1.807, 2.05) is 12.1 Å². The Bertz CT molecular complexity index is 689. The number of halogens is 1. The predicted octanol–water partition coefficient (Wildman–Crippen LogP) is 3.43. The van der Waals surface area contributed by atoms with Gasteiger partial charge in [-0.3, -0.25) is 4.79 Å². The Morgan fingerprint density at radius 3 is 3.10 bits per heavy atom.